The Hall–Kier alpha value is -2.24. The van der Waals surface area contributed by atoms with Crippen molar-refractivity contribution in [1.82, 2.24) is 16.0 Å². The highest BCUT2D eigenvalue weighted by atomic mass is 16.5. The molecule has 1 saturated carbocycles. The van der Waals surface area contributed by atoms with Crippen LogP contribution in [-0.2, 0) is 11.2 Å². The Balaban J connectivity index is 1.48. The Labute approximate surface area is 148 Å². The number of benzene rings is 1. The third-order valence-electron chi connectivity index (χ3n) is 5.22. The molecule has 3 rings (SSSR count). The molecular formula is C19H27N3O3. The van der Waals surface area contributed by atoms with E-state index in [2.05, 4.69) is 16.0 Å². The Kier molecular flexibility index (Phi) is 5.46. The molecule has 1 heterocycles. The van der Waals surface area contributed by atoms with Gasteiger partial charge in [0.2, 0.25) is 5.91 Å². The van der Waals surface area contributed by atoms with E-state index in [1.54, 1.807) is 0 Å². The van der Waals surface area contributed by atoms with Crippen molar-refractivity contribution in [3.05, 3.63) is 29.8 Å². The van der Waals surface area contributed by atoms with Gasteiger partial charge in [0.25, 0.3) is 0 Å². The molecule has 2 aliphatic rings. The molecule has 0 bridgehead atoms. The zero-order valence-corrected chi connectivity index (χ0v) is 14.8. The minimum Gasteiger partial charge on any atom is -0.494 e. The van der Waals surface area contributed by atoms with E-state index in [0.717, 1.165) is 37.0 Å². The number of amides is 3. The van der Waals surface area contributed by atoms with Crippen LogP contribution in [0.5, 0.6) is 5.75 Å². The lowest BCUT2D eigenvalue weighted by Gasteiger charge is -2.50. The van der Waals surface area contributed by atoms with E-state index >= 15 is 0 Å². The van der Waals surface area contributed by atoms with Crippen LogP contribution < -0.4 is 20.7 Å². The standard InChI is InChI=1S/C19H27N3O3/c1-2-25-15-7-4-3-6-14(15)10-13-20-18(24)21-16-8-9-17(23)22-19(16)11-5-12-19/h3-4,6-7,16H,2,5,8-13H2,1H3,(H,22,23)(H2,20,21,24)/t16-/m0/s1. The van der Waals surface area contributed by atoms with E-state index in [-0.39, 0.29) is 23.5 Å². The molecule has 0 aromatic heterocycles. The number of hydrogen-bond acceptors (Lipinski definition) is 3. The van der Waals surface area contributed by atoms with Gasteiger partial charge < -0.3 is 20.7 Å². The zero-order chi connectivity index (χ0) is 17.7. The van der Waals surface area contributed by atoms with Crippen LogP contribution in [0.15, 0.2) is 24.3 Å². The fourth-order valence-corrected chi connectivity index (χ4v) is 3.75. The maximum Gasteiger partial charge on any atom is 0.315 e. The first-order chi connectivity index (χ1) is 12.1. The first kappa shape index (κ1) is 17.6. The van der Waals surface area contributed by atoms with Crippen molar-refractivity contribution in [3.8, 4) is 5.75 Å². The molecule has 1 saturated heterocycles. The fourth-order valence-electron chi connectivity index (χ4n) is 3.75. The van der Waals surface area contributed by atoms with Gasteiger partial charge in [0, 0.05) is 13.0 Å². The number of nitrogens with one attached hydrogen (secondary N) is 3. The van der Waals surface area contributed by atoms with E-state index < -0.39 is 0 Å². The maximum atomic E-state index is 12.3. The van der Waals surface area contributed by atoms with Crippen LogP contribution in [0.4, 0.5) is 4.79 Å². The summed E-state index contributed by atoms with van der Waals surface area (Å²) in [5.41, 5.74) is 0.874. The molecule has 6 heteroatoms. The molecule has 1 atom stereocenters. The Morgan fingerprint density at radius 3 is 2.88 bits per heavy atom. The number of ether oxygens (including phenoxy) is 1. The predicted octanol–water partition coefficient (Wildman–Crippen LogP) is 2.13. The lowest BCUT2D eigenvalue weighted by molar-refractivity contribution is -0.127. The first-order valence-electron chi connectivity index (χ1n) is 9.19. The van der Waals surface area contributed by atoms with Crippen molar-refractivity contribution >= 4 is 11.9 Å². The van der Waals surface area contributed by atoms with E-state index in [9.17, 15) is 9.59 Å². The molecule has 6 nitrogen and oxygen atoms in total. The minimum atomic E-state index is -0.214. The summed E-state index contributed by atoms with van der Waals surface area (Å²) < 4.78 is 5.61. The van der Waals surface area contributed by atoms with E-state index in [1.807, 2.05) is 31.2 Å². The molecule has 1 spiro atoms. The van der Waals surface area contributed by atoms with Gasteiger partial charge in [-0.1, -0.05) is 18.2 Å². The minimum absolute atomic E-state index is 0.0228. The van der Waals surface area contributed by atoms with Crippen molar-refractivity contribution in [2.75, 3.05) is 13.2 Å². The molecule has 3 N–H and O–H groups in total. The average molecular weight is 345 g/mol. The number of rotatable bonds is 6. The molecule has 3 amide bonds. The number of piperidine rings is 1. The van der Waals surface area contributed by atoms with Crippen LogP contribution in [0.1, 0.15) is 44.6 Å². The normalized spacial score (nSPS) is 21.2. The summed E-state index contributed by atoms with van der Waals surface area (Å²) >= 11 is 0. The summed E-state index contributed by atoms with van der Waals surface area (Å²) in [6.45, 7) is 3.13. The molecule has 136 valence electrons. The molecule has 0 radical (unpaired) electrons. The molecule has 0 unspecified atom stereocenters. The van der Waals surface area contributed by atoms with Crippen LogP contribution >= 0.6 is 0 Å². The largest absolute Gasteiger partial charge is 0.494 e. The van der Waals surface area contributed by atoms with Gasteiger partial charge in [0.15, 0.2) is 0 Å². The highest BCUT2D eigenvalue weighted by molar-refractivity contribution is 5.79. The molecule has 1 aliphatic heterocycles. The summed E-state index contributed by atoms with van der Waals surface area (Å²) in [6, 6.07) is 7.75. The number of para-hydroxylation sites is 1. The summed E-state index contributed by atoms with van der Waals surface area (Å²) in [4.78, 5) is 23.9. The van der Waals surface area contributed by atoms with Gasteiger partial charge in [0.1, 0.15) is 5.75 Å². The van der Waals surface area contributed by atoms with Crippen molar-refractivity contribution < 1.29 is 14.3 Å². The second-order valence-corrected chi connectivity index (χ2v) is 6.84. The van der Waals surface area contributed by atoms with Gasteiger partial charge in [-0.2, -0.15) is 0 Å². The van der Waals surface area contributed by atoms with Crippen LogP contribution in [0.2, 0.25) is 0 Å². The molecule has 1 aromatic rings. The van der Waals surface area contributed by atoms with E-state index in [4.69, 9.17) is 4.74 Å². The van der Waals surface area contributed by atoms with Gasteiger partial charge in [-0.05, 0) is 50.7 Å². The highest BCUT2D eigenvalue weighted by Crippen LogP contribution is 2.38. The van der Waals surface area contributed by atoms with Gasteiger partial charge in [0.05, 0.1) is 18.2 Å². The van der Waals surface area contributed by atoms with E-state index in [0.29, 0.717) is 26.0 Å². The third-order valence-corrected chi connectivity index (χ3v) is 5.22. The van der Waals surface area contributed by atoms with Crippen molar-refractivity contribution in [2.45, 2.75) is 57.0 Å². The second kappa shape index (κ2) is 7.76. The van der Waals surface area contributed by atoms with Crippen molar-refractivity contribution in [3.63, 3.8) is 0 Å². The average Bonchev–Trinajstić information content (AvgIpc) is 2.57. The maximum absolute atomic E-state index is 12.3. The Morgan fingerprint density at radius 1 is 1.36 bits per heavy atom. The van der Waals surface area contributed by atoms with Crippen molar-refractivity contribution in [2.24, 2.45) is 0 Å². The number of carbonyl (C=O) groups excluding carboxylic acids is 2. The lowest BCUT2D eigenvalue weighted by Crippen LogP contribution is -2.69. The Morgan fingerprint density at radius 2 is 2.16 bits per heavy atom. The molecular weight excluding hydrogens is 318 g/mol. The van der Waals surface area contributed by atoms with Crippen LogP contribution in [0.3, 0.4) is 0 Å². The van der Waals surface area contributed by atoms with E-state index in [1.165, 1.54) is 0 Å². The summed E-state index contributed by atoms with van der Waals surface area (Å²) in [5, 5.41) is 9.08. The SMILES string of the molecule is CCOc1ccccc1CCNC(=O)N[C@H]1CCC(=O)NC12CCC2. The number of carbonyl (C=O) groups is 2. The molecule has 1 aliphatic carbocycles. The highest BCUT2D eigenvalue weighted by Gasteiger charge is 2.48. The van der Waals surface area contributed by atoms with Crippen LogP contribution in [-0.4, -0.2) is 36.7 Å². The quantitative estimate of drug-likeness (QED) is 0.739. The van der Waals surface area contributed by atoms with Gasteiger partial charge in [-0.25, -0.2) is 4.79 Å². The fraction of sp³-hybridized carbons (Fsp3) is 0.579. The van der Waals surface area contributed by atoms with Crippen LogP contribution in [0.25, 0.3) is 0 Å². The summed E-state index contributed by atoms with van der Waals surface area (Å²) in [7, 11) is 0. The topological polar surface area (TPSA) is 79.5 Å². The second-order valence-electron chi connectivity index (χ2n) is 6.84. The summed E-state index contributed by atoms with van der Waals surface area (Å²) in [6.07, 6.45) is 4.92. The third kappa shape index (κ3) is 4.06. The zero-order valence-electron chi connectivity index (χ0n) is 14.8. The number of urea groups is 1. The molecule has 25 heavy (non-hydrogen) atoms. The van der Waals surface area contributed by atoms with Crippen LogP contribution in [0, 0.1) is 0 Å². The number of hydrogen-bond donors (Lipinski definition) is 3. The summed E-state index contributed by atoms with van der Waals surface area (Å²) in [5.74, 6) is 0.973. The molecule has 2 fully saturated rings. The monoisotopic (exact) mass is 345 g/mol. The lowest BCUT2D eigenvalue weighted by atomic mass is 9.68. The van der Waals surface area contributed by atoms with Gasteiger partial charge >= 0.3 is 6.03 Å². The van der Waals surface area contributed by atoms with Gasteiger partial charge in [-0.3, -0.25) is 4.79 Å². The van der Waals surface area contributed by atoms with Crippen molar-refractivity contribution in [1.29, 1.82) is 0 Å². The first-order valence-corrected chi connectivity index (χ1v) is 9.19. The predicted molar refractivity (Wildman–Crippen MR) is 95.6 cm³/mol. The Bertz CT molecular complexity index is 628. The smallest absolute Gasteiger partial charge is 0.315 e. The molecule has 1 aromatic carbocycles. The van der Waals surface area contributed by atoms with Gasteiger partial charge in [-0.15, -0.1) is 0 Å².